The van der Waals surface area contributed by atoms with Gasteiger partial charge in [-0.15, -0.1) is 0 Å². The maximum absolute atomic E-state index is 11.5. The molecular formula is C17H20N6OS. The molecule has 1 saturated heterocycles. The van der Waals surface area contributed by atoms with Crippen molar-refractivity contribution in [1.29, 1.82) is 0 Å². The van der Waals surface area contributed by atoms with Crippen LogP contribution in [0, 0.1) is 0 Å². The van der Waals surface area contributed by atoms with Crippen molar-refractivity contribution in [3.8, 4) is 0 Å². The first kappa shape index (κ1) is 16.0. The van der Waals surface area contributed by atoms with Gasteiger partial charge in [0.1, 0.15) is 5.82 Å². The predicted molar refractivity (Wildman–Crippen MR) is 101 cm³/mol. The first-order chi connectivity index (χ1) is 12.1. The molecule has 0 aromatic carbocycles. The van der Waals surface area contributed by atoms with Crippen LogP contribution in [0.1, 0.15) is 12.0 Å². The fraction of sp³-hybridized carbons (Fsp3) is 0.353. The largest absolute Gasteiger partial charge is 0.355 e. The fourth-order valence-electron chi connectivity index (χ4n) is 3.06. The first-order valence-corrected chi connectivity index (χ1v) is 9.09. The Hall–Kier alpha value is -2.45. The van der Waals surface area contributed by atoms with E-state index in [1.807, 2.05) is 18.3 Å². The quantitative estimate of drug-likeness (QED) is 0.692. The fourth-order valence-corrected chi connectivity index (χ4v) is 3.79. The molecule has 0 radical (unpaired) electrons. The van der Waals surface area contributed by atoms with E-state index >= 15 is 0 Å². The van der Waals surface area contributed by atoms with Crippen molar-refractivity contribution < 1.29 is 0 Å². The van der Waals surface area contributed by atoms with Crippen LogP contribution in [0.15, 0.2) is 23.3 Å². The van der Waals surface area contributed by atoms with E-state index in [0.717, 1.165) is 65.5 Å². The van der Waals surface area contributed by atoms with E-state index in [9.17, 15) is 4.79 Å². The summed E-state index contributed by atoms with van der Waals surface area (Å²) in [4.78, 5) is 23.6. The SMILES string of the molecule is C=c1[nH]c(=O)s/c1=C\c1cnn2ccc(N3CCCN(C)CC3)nc12. The highest BCUT2D eigenvalue weighted by atomic mass is 32.1. The lowest BCUT2D eigenvalue weighted by molar-refractivity contribution is 0.360. The van der Waals surface area contributed by atoms with Gasteiger partial charge in [0.15, 0.2) is 5.65 Å². The molecule has 130 valence electrons. The molecule has 0 unspecified atom stereocenters. The molecule has 0 spiro atoms. The van der Waals surface area contributed by atoms with Gasteiger partial charge in [-0.2, -0.15) is 5.10 Å². The Labute approximate surface area is 148 Å². The summed E-state index contributed by atoms with van der Waals surface area (Å²) in [5.41, 5.74) is 1.67. The molecule has 1 fully saturated rings. The highest BCUT2D eigenvalue weighted by Gasteiger charge is 2.15. The number of hydrogen-bond acceptors (Lipinski definition) is 6. The van der Waals surface area contributed by atoms with Crippen LogP contribution in [0.2, 0.25) is 0 Å². The van der Waals surface area contributed by atoms with Gasteiger partial charge in [-0.05, 0) is 32.2 Å². The molecule has 4 rings (SSSR count). The maximum atomic E-state index is 11.5. The van der Waals surface area contributed by atoms with Crippen LogP contribution in [0.25, 0.3) is 18.3 Å². The Morgan fingerprint density at radius 3 is 3.00 bits per heavy atom. The number of thiazole rings is 1. The topological polar surface area (TPSA) is 69.5 Å². The van der Waals surface area contributed by atoms with Crippen molar-refractivity contribution in [3.63, 3.8) is 0 Å². The summed E-state index contributed by atoms with van der Waals surface area (Å²) in [6, 6.07) is 2.01. The standard InChI is InChI=1S/C17H20N6OS/c1-12-14(25-17(24)19-12)10-13-11-18-23-7-4-15(20-16(13)23)22-6-3-5-21(2)8-9-22/h4,7,10-11H,1,3,5-6,8-9H2,2H3,(H,19,24)/b14-10-. The van der Waals surface area contributed by atoms with Crippen molar-refractivity contribution >= 4 is 35.5 Å². The highest BCUT2D eigenvalue weighted by Crippen LogP contribution is 2.17. The van der Waals surface area contributed by atoms with E-state index in [4.69, 9.17) is 4.98 Å². The molecule has 0 atom stereocenters. The summed E-state index contributed by atoms with van der Waals surface area (Å²) in [5, 5.41) is 4.99. The Balaban J connectivity index is 1.75. The molecular weight excluding hydrogens is 336 g/mol. The van der Waals surface area contributed by atoms with Gasteiger partial charge in [0.05, 0.1) is 16.1 Å². The monoisotopic (exact) mass is 356 g/mol. The third-order valence-electron chi connectivity index (χ3n) is 4.46. The Bertz CT molecular complexity index is 1060. The lowest BCUT2D eigenvalue weighted by Gasteiger charge is -2.21. The molecule has 8 heteroatoms. The molecule has 3 aromatic heterocycles. The zero-order valence-electron chi connectivity index (χ0n) is 14.1. The average Bonchev–Trinajstić information content (AvgIpc) is 3.04. The first-order valence-electron chi connectivity index (χ1n) is 8.28. The third kappa shape index (κ3) is 3.22. The summed E-state index contributed by atoms with van der Waals surface area (Å²) >= 11 is 1.15. The van der Waals surface area contributed by atoms with Gasteiger partial charge in [-0.25, -0.2) is 9.50 Å². The number of aromatic nitrogens is 4. The number of hydrogen-bond donors (Lipinski definition) is 1. The number of anilines is 1. The summed E-state index contributed by atoms with van der Waals surface area (Å²) in [5.74, 6) is 0.968. The van der Waals surface area contributed by atoms with Gasteiger partial charge in [0, 0.05) is 31.4 Å². The lowest BCUT2D eigenvalue weighted by Crippen LogP contribution is -2.29. The van der Waals surface area contributed by atoms with Crippen LogP contribution in [0.3, 0.4) is 0 Å². The summed E-state index contributed by atoms with van der Waals surface area (Å²) in [7, 11) is 2.16. The summed E-state index contributed by atoms with van der Waals surface area (Å²) < 4.78 is 2.57. The van der Waals surface area contributed by atoms with Gasteiger partial charge in [0.25, 0.3) is 0 Å². The second-order valence-electron chi connectivity index (χ2n) is 6.30. The molecule has 1 N–H and O–H groups in total. The Morgan fingerprint density at radius 2 is 2.20 bits per heavy atom. The van der Waals surface area contributed by atoms with Crippen molar-refractivity contribution in [2.45, 2.75) is 6.42 Å². The second-order valence-corrected chi connectivity index (χ2v) is 7.31. The van der Waals surface area contributed by atoms with Gasteiger partial charge < -0.3 is 14.8 Å². The number of nitrogens with zero attached hydrogens (tertiary/aromatic N) is 5. The highest BCUT2D eigenvalue weighted by molar-refractivity contribution is 7.07. The minimum atomic E-state index is -0.102. The van der Waals surface area contributed by atoms with Crippen LogP contribution >= 0.6 is 11.3 Å². The predicted octanol–water partition coefficient (Wildman–Crippen LogP) is -0.140. The number of nitrogens with one attached hydrogen (secondary N) is 1. The van der Waals surface area contributed by atoms with Crippen LogP contribution in [-0.4, -0.2) is 57.7 Å². The molecule has 25 heavy (non-hydrogen) atoms. The molecule has 0 aliphatic carbocycles. The summed E-state index contributed by atoms with van der Waals surface area (Å²) in [6.07, 6.45) is 6.75. The van der Waals surface area contributed by atoms with Gasteiger partial charge in [-0.3, -0.25) is 4.79 Å². The zero-order chi connectivity index (χ0) is 17.4. The van der Waals surface area contributed by atoms with Crippen molar-refractivity contribution in [3.05, 3.63) is 43.6 Å². The Morgan fingerprint density at radius 1 is 1.32 bits per heavy atom. The van der Waals surface area contributed by atoms with Crippen LogP contribution in [0.5, 0.6) is 0 Å². The molecule has 1 aliphatic rings. The van der Waals surface area contributed by atoms with Crippen LogP contribution < -0.4 is 19.7 Å². The zero-order valence-corrected chi connectivity index (χ0v) is 14.9. The molecule has 1 aliphatic heterocycles. The van der Waals surface area contributed by atoms with Crippen molar-refractivity contribution in [2.24, 2.45) is 0 Å². The van der Waals surface area contributed by atoms with E-state index in [1.54, 1.807) is 10.7 Å². The maximum Gasteiger partial charge on any atom is 0.305 e. The molecule has 0 bridgehead atoms. The number of fused-ring (bicyclic) bond motifs is 1. The normalized spacial score (nSPS) is 17.3. The van der Waals surface area contributed by atoms with Gasteiger partial charge in [0.2, 0.25) is 0 Å². The number of likely N-dealkylation sites (N-methyl/N-ethyl adjacent to an activating group) is 1. The second kappa shape index (κ2) is 6.45. The van der Waals surface area contributed by atoms with Crippen LogP contribution in [0.4, 0.5) is 5.82 Å². The van der Waals surface area contributed by atoms with Gasteiger partial charge >= 0.3 is 4.87 Å². The molecule has 0 amide bonds. The van der Waals surface area contributed by atoms with E-state index in [2.05, 4.69) is 33.5 Å². The number of H-pyrrole nitrogens is 1. The summed E-state index contributed by atoms with van der Waals surface area (Å²) in [6.45, 7) is 7.99. The minimum absolute atomic E-state index is 0.102. The molecule has 3 aromatic rings. The van der Waals surface area contributed by atoms with Crippen LogP contribution in [-0.2, 0) is 0 Å². The number of aromatic amines is 1. The van der Waals surface area contributed by atoms with Crippen molar-refractivity contribution in [1.82, 2.24) is 24.5 Å². The Kier molecular flexibility index (Phi) is 4.14. The number of rotatable bonds is 2. The van der Waals surface area contributed by atoms with E-state index in [1.165, 1.54) is 0 Å². The lowest BCUT2D eigenvalue weighted by atomic mass is 10.3. The third-order valence-corrected chi connectivity index (χ3v) is 5.34. The molecule has 4 heterocycles. The van der Waals surface area contributed by atoms with Crippen molar-refractivity contribution in [2.75, 3.05) is 38.1 Å². The molecule has 7 nitrogen and oxygen atoms in total. The smallest absolute Gasteiger partial charge is 0.305 e. The molecule has 0 saturated carbocycles. The van der Waals surface area contributed by atoms with Gasteiger partial charge in [-0.1, -0.05) is 17.9 Å². The van der Waals surface area contributed by atoms with E-state index in [0.29, 0.717) is 5.35 Å². The van der Waals surface area contributed by atoms with E-state index < -0.39 is 0 Å². The minimum Gasteiger partial charge on any atom is -0.355 e. The van der Waals surface area contributed by atoms with E-state index in [-0.39, 0.29) is 4.87 Å². The average molecular weight is 356 g/mol.